The molecule has 0 saturated heterocycles. The van der Waals surface area contributed by atoms with Crippen LogP contribution in [0, 0.1) is 11.8 Å². The molecule has 1 aliphatic rings. The summed E-state index contributed by atoms with van der Waals surface area (Å²) >= 11 is 7.60. The van der Waals surface area contributed by atoms with Crippen LogP contribution in [0.15, 0.2) is 103 Å². The van der Waals surface area contributed by atoms with E-state index in [0.717, 1.165) is 28.8 Å². The zero-order valence-electron chi connectivity index (χ0n) is 21.9. The number of alkyl halides is 2. The summed E-state index contributed by atoms with van der Waals surface area (Å²) in [5, 5.41) is 3.10. The molecule has 3 aromatic rings. The number of allylic oxidation sites excluding steroid dienone is 2. The number of halogens is 2. The highest BCUT2D eigenvalue weighted by Gasteiger charge is 2.66. The monoisotopic (exact) mass is 654 g/mol. The Balaban J connectivity index is 2.06. The molecule has 0 aromatic heterocycles. The maximum atomic E-state index is 14.7. The number of hydrogen-bond donors (Lipinski definition) is 0. The van der Waals surface area contributed by atoms with Gasteiger partial charge < -0.3 is 4.74 Å². The number of benzene rings is 3. The van der Waals surface area contributed by atoms with Gasteiger partial charge in [0.15, 0.2) is 5.78 Å². The molecule has 0 amide bonds. The maximum absolute atomic E-state index is 14.7. The molecule has 198 valence electrons. The predicted octanol–water partition coefficient (Wildman–Crippen LogP) is 6.76. The Hall–Kier alpha value is -2.20. The summed E-state index contributed by atoms with van der Waals surface area (Å²) in [6.07, 6.45) is 3.91. The van der Waals surface area contributed by atoms with Crippen molar-refractivity contribution in [1.29, 1.82) is 0 Å². The first kappa shape index (κ1) is 28.8. The van der Waals surface area contributed by atoms with Crippen LogP contribution in [0.2, 0.25) is 0 Å². The Bertz CT molecular complexity index is 1260. The van der Waals surface area contributed by atoms with E-state index in [9.17, 15) is 9.59 Å². The van der Waals surface area contributed by atoms with Gasteiger partial charge in [-0.2, -0.15) is 0 Å². The van der Waals surface area contributed by atoms with Crippen molar-refractivity contribution in [3.05, 3.63) is 103 Å². The van der Waals surface area contributed by atoms with Crippen LogP contribution in [0.3, 0.4) is 0 Å². The van der Waals surface area contributed by atoms with Crippen LogP contribution in [0.25, 0.3) is 0 Å². The van der Waals surface area contributed by atoms with Crippen molar-refractivity contribution in [2.75, 3.05) is 6.61 Å². The van der Waals surface area contributed by atoms with E-state index in [1.54, 1.807) is 6.92 Å². The molecule has 0 spiro atoms. The molecule has 0 N–H and O–H groups in total. The minimum absolute atomic E-state index is 0.0549. The average molecular weight is 656 g/mol. The SMILES string of the molecule is CCOC(=O)C(C(=O)[C@H]1[C@H](CCC=C(C)C)C1(Br)Br)=P(c1ccccc1)(c1ccccc1)c1ccccc1. The number of carbonyl (C=O) groups is 2. The summed E-state index contributed by atoms with van der Waals surface area (Å²) in [7, 11) is 0. The van der Waals surface area contributed by atoms with Gasteiger partial charge in [-0.1, -0.05) is 135 Å². The van der Waals surface area contributed by atoms with Gasteiger partial charge in [-0.25, -0.2) is 4.79 Å². The van der Waals surface area contributed by atoms with Gasteiger partial charge in [-0.3, -0.25) is 4.79 Å². The Labute approximate surface area is 242 Å². The Morgan fingerprint density at radius 3 is 1.68 bits per heavy atom. The first-order valence-electron chi connectivity index (χ1n) is 12.9. The fourth-order valence-electron chi connectivity index (χ4n) is 5.20. The minimum atomic E-state index is -2.90. The zero-order valence-corrected chi connectivity index (χ0v) is 26.0. The van der Waals surface area contributed by atoms with Gasteiger partial charge in [-0.15, -0.1) is 0 Å². The third kappa shape index (κ3) is 5.57. The highest BCUT2D eigenvalue weighted by atomic mass is 79.9. The highest BCUT2D eigenvalue weighted by Crippen LogP contribution is 2.65. The topological polar surface area (TPSA) is 43.4 Å². The summed E-state index contributed by atoms with van der Waals surface area (Å²) in [6.45, 7) is 3.23. The van der Waals surface area contributed by atoms with Crippen LogP contribution in [0.1, 0.15) is 33.6 Å². The van der Waals surface area contributed by atoms with Crippen LogP contribution in [0.4, 0.5) is 0 Å². The summed E-state index contributed by atoms with van der Waals surface area (Å²) in [5.74, 6) is -1.01. The van der Waals surface area contributed by atoms with E-state index >= 15 is 0 Å². The van der Waals surface area contributed by atoms with Gasteiger partial charge in [0, 0.05) is 0 Å². The van der Waals surface area contributed by atoms with Gasteiger partial charge in [-0.05, 0) is 62.3 Å². The summed E-state index contributed by atoms with van der Waals surface area (Å²) in [4.78, 5) is 28.7. The third-order valence-corrected chi connectivity index (χ3v) is 13.4. The lowest BCUT2D eigenvalue weighted by atomic mass is 10.1. The molecule has 1 fully saturated rings. The molecule has 4 rings (SSSR count). The third-order valence-electron chi connectivity index (χ3n) is 6.98. The van der Waals surface area contributed by atoms with Gasteiger partial charge >= 0.3 is 5.97 Å². The van der Waals surface area contributed by atoms with E-state index in [0.29, 0.717) is 0 Å². The van der Waals surface area contributed by atoms with Crippen LogP contribution in [-0.4, -0.2) is 26.9 Å². The second-order valence-corrected chi connectivity index (χ2v) is 16.8. The fraction of sp³-hybridized carbons (Fsp3) is 0.281. The van der Waals surface area contributed by atoms with Gasteiger partial charge in [0.25, 0.3) is 0 Å². The zero-order chi connectivity index (χ0) is 27.3. The molecule has 1 aliphatic carbocycles. The lowest BCUT2D eigenvalue weighted by molar-refractivity contribution is -0.135. The van der Waals surface area contributed by atoms with Crippen molar-refractivity contribution in [2.45, 2.75) is 36.8 Å². The van der Waals surface area contributed by atoms with E-state index in [1.165, 1.54) is 5.57 Å². The van der Waals surface area contributed by atoms with Crippen LogP contribution < -0.4 is 15.9 Å². The molecule has 0 radical (unpaired) electrons. The lowest BCUT2D eigenvalue weighted by Gasteiger charge is -2.31. The smallest absolute Gasteiger partial charge is 0.342 e. The van der Waals surface area contributed by atoms with Crippen LogP contribution >= 0.6 is 38.7 Å². The Kier molecular flexibility index (Phi) is 9.34. The normalized spacial score (nSPS) is 17.8. The average Bonchev–Trinajstić information content (AvgIpc) is 3.47. The van der Waals surface area contributed by atoms with E-state index < -0.39 is 16.1 Å². The molecule has 0 aliphatic heterocycles. The highest BCUT2D eigenvalue weighted by molar-refractivity contribution is 9.25. The fourth-order valence-corrected chi connectivity index (χ4v) is 11.3. The molecule has 0 unspecified atom stereocenters. The van der Waals surface area contributed by atoms with Crippen molar-refractivity contribution in [1.82, 2.24) is 0 Å². The van der Waals surface area contributed by atoms with Crippen LogP contribution in [-0.2, 0) is 14.3 Å². The number of ether oxygens (including phenoxy) is 1. The lowest BCUT2D eigenvalue weighted by Crippen LogP contribution is -2.39. The van der Waals surface area contributed by atoms with Crippen molar-refractivity contribution >= 4 is 71.7 Å². The molecule has 1 saturated carbocycles. The standard InChI is InChI=1S/C32H33Br2O3P/c1-4-37-31(36)30(29(35)28-27(32(28,33)34)22-14-15-23(2)3)38(24-16-8-5-9-17-24,25-18-10-6-11-19-25)26-20-12-7-13-21-26/h5-13,15-21,27-28H,4,14,22H2,1-3H3/t27-,28+/m0/s1. The number of rotatable bonds is 10. The van der Waals surface area contributed by atoms with E-state index in [2.05, 4.69) is 51.8 Å². The number of carbonyl (C=O) groups excluding carboxylic acids is 2. The second-order valence-electron chi connectivity index (χ2n) is 9.73. The summed E-state index contributed by atoms with van der Waals surface area (Å²) < 4.78 is 5.13. The summed E-state index contributed by atoms with van der Waals surface area (Å²) in [6, 6.07) is 29.9. The van der Waals surface area contributed by atoms with Gasteiger partial charge in [0.2, 0.25) is 0 Å². The molecule has 2 atom stereocenters. The quantitative estimate of drug-likeness (QED) is 0.0797. The first-order chi connectivity index (χ1) is 18.3. The second kappa shape index (κ2) is 12.3. The Morgan fingerprint density at radius 2 is 1.29 bits per heavy atom. The predicted molar refractivity (Wildman–Crippen MR) is 168 cm³/mol. The number of hydrogen-bond acceptors (Lipinski definition) is 3. The molecule has 0 bridgehead atoms. The molecule has 3 aromatic carbocycles. The first-order valence-corrected chi connectivity index (χ1v) is 16.3. The van der Waals surface area contributed by atoms with Crippen molar-refractivity contribution < 1.29 is 14.3 Å². The molecule has 3 nitrogen and oxygen atoms in total. The summed E-state index contributed by atoms with van der Waals surface area (Å²) in [5.41, 5.74) is 1.25. The Morgan fingerprint density at radius 1 is 0.842 bits per heavy atom. The number of ketones is 1. The largest absolute Gasteiger partial charge is 0.462 e. The minimum Gasteiger partial charge on any atom is -0.462 e. The van der Waals surface area contributed by atoms with Gasteiger partial charge in [0.1, 0.15) is 5.29 Å². The van der Waals surface area contributed by atoms with E-state index in [1.807, 2.05) is 91.0 Å². The molecule has 6 heteroatoms. The number of Topliss-reactive ketones (excluding diaryl/α,β-unsaturated/α-hetero) is 1. The molecular formula is C32H33Br2O3P. The van der Waals surface area contributed by atoms with Crippen molar-refractivity contribution in [2.24, 2.45) is 11.8 Å². The van der Waals surface area contributed by atoms with E-state index in [4.69, 9.17) is 4.74 Å². The van der Waals surface area contributed by atoms with E-state index in [-0.39, 0.29) is 29.5 Å². The molecule has 38 heavy (non-hydrogen) atoms. The van der Waals surface area contributed by atoms with Gasteiger partial charge in [0.05, 0.1) is 15.8 Å². The van der Waals surface area contributed by atoms with Crippen LogP contribution in [0.5, 0.6) is 0 Å². The maximum Gasteiger partial charge on any atom is 0.342 e. The molecular weight excluding hydrogens is 623 g/mol. The van der Waals surface area contributed by atoms with Crippen molar-refractivity contribution in [3.63, 3.8) is 0 Å². The van der Waals surface area contributed by atoms with Crippen molar-refractivity contribution in [3.8, 4) is 0 Å². The number of esters is 1. The molecule has 0 heterocycles.